The summed E-state index contributed by atoms with van der Waals surface area (Å²) in [6.07, 6.45) is 4.18. The van der Waals surface area contributed by atoms with Crippen molar-refractivity contribution in [3.05, 3.63) is 17.0 Å². The topological polar surface area (TPSA) is 66.4 Å². The molecule has 4 nitrogen and oxygen atoms in total. The van der Waals surface area contributed by atoms with Gasteiger partial charge in [-0.1, -0.05) is 26.2 Å². The van der Waals surface area contributed by atoms with Crippen LogP contribution in [0.4, 0.5) is 0 Å². The predicted molar refractivity (Wildman–Crippen MR) is 69.6 cm³/mol. The summed E-state index contributed by atoms with van der Waals surface area (Å²) in [6.45, 7) is 2.48. The molecular formula is C11H19NO3S2. The number of thiophene rings is 1. The second kappa shape index (κ2) is 7.10. The van der Waals surface area contributed by atoms with Crippen molar-refractivity contribution < 1.29 is 13.5 Å². The van der Waals surface area contributed by atoms with E-state index in [1.165, 1.54) is 6.07 Å². The Balaban J connectivity index is 2.45. The van der Waals surface area contributed by atoms with E-state index >= 15 is 0 Å². The fourth-order valence-corrected chi connectivity index (χ4v) is 3.73. The normalized spacial score (nSPS) is 11.9. The molecule has 2 N–H and O–H groups in total. The summed E-state index contributed by atoms with van der Waals surface area (Å²) in [5.41, 5.74) is 0.640. The van der Waals surface area contributed by atoms with E-state index in [-0.39, 0.29) is 10.8 Å². The maximum Gasteiger partial charge on any atom is 0.250 e. The fourth-order valence-electron chi connectivity index (χ4n) is 1.41. The first-order valence-corrected chi connectivity index (χ1v) is 8.14. The van der Waals surface area contributed by atoms with Crippen molar-refractivity contribution in [1.82, 2.24) is 4.72 Å². The lowest BCUT2D eigenvalue weighted by molar-refractivity contribution is 0.282. The smallest absolute Gasteiger partial charge is 0.250 e. The van der Waals surface area contributed by atoms with Crippen LogP contribution in [0, 0.1) is 0 Å². The molecule has 1 aromatic heterocycles. The molecule has 1 aromatic rings. The minimum atomic E-state index is -3.38. The lowest BCUT2D eigenvalue weighted by Crippen LogP contribution is -2.23. The Morgan fingerprint density at radius 2 is 2.12 bits per heavy atom. The first kappa shape index (κ1) is 14.6. The number of rotatable bonds is 8. The number of aliphatic hydroxyl groups excluding tert-OH is 1. The first-order valence-electron chi connectivity index (χ1n) is 5.78. The quantitative estimate of drug-likeness (QED) is 0.715. The average molecular weight is 277 g/mol. The number of hydrogen-bond acceptors (Lipinski definition) is 4. The molecule has 1 heterocycles. The molecule has 0 radical (unpaired) electrons. The van der Waals surface area contributed by atoms with Crippen LogP contribution in [-0.2, 0) is 16.6 Å². The predicted octanol–water partition coefficient (Wildman–Crippen LogP) is 2.10. The Bertz CT molecular complexity index is 426. The van der Waals surface area contributed by atoms with Crippen molar-refractivity contribution in [1.29, 1.82) is 0 Å². The standard InChI is InChI=1S/C11H19NO3S2/c1-2-3-4-5-6-12-17(14,15)11-7-10(8-13)9-16-11/h7,9,12-13H,2-6,8H2,1H3. The molecular weight excluding hydrogens is 258 g/mol. The van der Waals surface area contributed by atoms with Crippen molar-refractivity contribution in [2.75, 3.05) is 6.54 Å². The van der Waals surface area contributed by atoms with Crippen LogP contribution in [0.25, 0.3) is 0 Å². The van der Waals surface area contributed by atoms with Gasteiger partial charge in [-0.15, -0.1) is 11.3 Å². The number of sulfonamides is 1. The van der Waals surface area contributed by atoms with Crippen LogP contribution in [-0.4, -0.2) is 20.1 Å². The van der Waals surface area contributed by atoms with Gasteiger partial charge in [-0.05, 0) is 23.4 Å². The van der Waals surface area contributed by atoms with Gasteiger partial charge in [0.1, 0.15) is 4.21 Å². The van der Waals surface area contributed by atoms with Gasteiger partial charge in [-0.2, -0.15) is 0 Å². The van der Waals surface area contributed by atoms with E-state index in [1.54, 1.807) is 5.38 Å². The van der Waals surface area contributed by atoms with Crippen molar-refractivity contribution in [3.63, 3.8) is 0 Å². The molecule has 98 valence electrons. The fraction of sp³-hybridized carbons (Fsp3) is 0.636. The van der Waals surface area contributed by atoms with E-state index in [4.69, 9.17) is 5.11 Å². The minimum absolute atomic E-state index is 0.123. The third-order valence-electron chi connectivity index (χ3n) is 2.40. The lowest BCUT2D eigenvalue weighted by Gasteiger charge is -2.03. The van der Waals surface area contributed by atoms with Crippen LogP contribution in [0.2, 0.25) is 0 Å². The molecule has 0 aliphatic rings. The lowest BCUT2D eigenvalue weighted by atomic mass is 10.2. The molecule has 0 aliphatic carbocycles. The van der Waals surface area contributed by atoms with Gasteiger partial charge in [0.2, 0.25) is 10.0 Å². The maximum absolute atomic E-state index is 11.8. The average Bonchev–Trinajstić information content (AvgIpc) is 2.78. The summed E-state index contributed by atoms with van der Waals surface area (Å²) in [5, 5.41) is 10.5. The summed E-state index contributed by atoms with van der Waals surface area (Å²) < 4.78 is 26.5. The Morgan fingerprint density at radius 1 is 1.35 bits per heavy atom. The van der Waals surface area contributed by atoms with Gasteiger partial charge in [0.25, 0.3) is 0 Å². The van der Waals surface area contributed by atoms with Crippen molar-refractivity contribution in [2.24, 2.45) is 0 Å². The number of unbranched alkanes of at least 4 members (excludes halogenated alkanes) is 3. The molecule has 0 saturated heterocycles. The van der Waals surface area contributed by atoms with Crippen LogP contribution < -0.4 is 4.72 Å². The van der Waals surface area contributed by atoms with E-state index in [0.29, 0.717) is 12.1 Å². The third-order valence-corrected chi connectivity index (χ3v) is 5.35. The summed E-state index contributed by atoms with van der Waals surface area (Å²) in [5.74, 6) is 0. The highest BCUT2D eigenvalue weighted by molar-refractivity contribution is 7.91. The molecule has 0 amide bonds. The first-order chi connectivity index (χ1) is 8.10. The Hall–Kier alpha value is -0.430. The van der Waals surface area contributed by atoms with E-state index in [2.05, 4.69) is 11.6 Å². The number of nitrogens with one attached hydrogen (secondary N) is 1. The maximum atomic E-state index is 11.8. The van der Waals surface area contributed by atoms with Crippen molar-refractivity contribution in [3.8, 4) is 0 Å². The van der Waals surface area contributed by atoms with E-state index in [9.17, 15) is 8.42 Å². The SMILES string of the molecule is CCCCCCNS(=O)(=O)c1cc(CO)cs1. The Labute approximate surface area is 107 Å². The van der Waals surface area contributed by atoms with Crippen LogP contribution >= 0.6 is 11.3 Å². The molecule has 0 aliphatic heterocycles. The van der Waals surface area contributed by atoms with Gasteiger partial charge in [0.05, 0.1) is 6.61 Å². The zero-order valence-electron chi connectivity index (χ0n) is 9.98. The number of hydrogen-bond donors (Lipinski definition) is 2. The van der Waals surface area contributed by atoms with Crippen LogP contribution in [0.1, 0.15) is 38.2 Å². The largest absolute Gasteiger partial charge is 0.392 e. The van der Waals surface area contributed by atoms with Crippen molar-refractivity contribution in [2.45, 2.75) is 43.4 Å². The zero-order valence-corrected chi connectivity index (χ0v) is 11.6. The molecule has 0 bridgehead atoms. The molecule has 0 atom stereocenters. The Morgan fingerprint density at radius 3 is 2.71 bits per heavy atom. The van der Waals surface area contributed by atoms with Crippen LogP contribution in [0.5, 0.6) is 0 Å². The van der Waals surface area contributed by atoms with E-state index in [1.807, 2.05) is 0 Å². The minimum Gasteiger partial charge on any atom is -0.392 e. The van der Waals surface area contributed by atoms with Gasteiger partial charge in [0.15, 0.2) is 0 Å². The molecule has 0 spiro atoms. The van der Waals surface area contributed by atoms with Gasteiger partial charge in [-0.3, -0.25) is 0 Å². The van der Waals surface area contributed by atoms with Gasteiger partial charge in [-0.25, -0.2) is 13.1 Å². The molecule has 0 unspecified atom stereocenters. The zero-order chi connectivity index (χ0) is 12.7. The van der Waals surface area contributed by atoms with E-state index in [0.717, 1.165) is 37.0 Å². The van der Waals surface area contributed by atoms with Crippen LogP contribution in [0.3, 0.4) is 0 Å². The molecule has 0 fully saturated rings. The van der Waals surface area contributed by atoms with Crippen molar-refractivity contribution >= 4 is 21.4 Å². The van der Waals surface area contributed by atoms with Gasteiger partial charge < -0.3 is 5.11 Å². The molecule has 1 rings (SSSR count). The summed E-state index contributed by atoms with van der Waals surface area (Å²) >= 11 is 1.14. The molecule has 0 aromatic carbocycles. The highest BCUT2D eigenvalue weighted by Crippen LogP contribution is 2.19. The van der Waals surface area contributed by atoms with E-state index < -0.39 is 10.0 Å². The summed E-state index contributed by atoms with van der Waals surface area (Å²) in [6, 6.07) is 1.51. The van der Waals surface area contributed by atoms with Crippen LogP contribution in [0.15, 0.2) is 15.7 Å². The second-order valence-corrected chi connectivity index (χ2v) is 6.80. The molecule has 6 heteroatoms. The second-order valence-electron chi connectivity index (χ2n) is 3.89. The van der Waals surface area contributed by atoms with Gasteiger partial charge >= 0.3 is 0 Å². The molecule has 0 saturated carbocycles. The summed E-state index contributed by atoms with van der Waals surface area (Å²) in [4.78, 5) is 0. The highest BCUT2D eigenvalue weighted by atomic mass is 32.2. The monoisotopic (exact) mass is 277 g/mol. The number of aliphatic hydroxyl groups is 1. The Kier molecular flexibility index (Phi) is 6.11. The summed E-state index contributed by atoms with van der Waals surface area (Å²) in [7, 11) is -3.38. The molecule has 17 heavy (non-hydrogen) atoms. The highest BCUT2D eigenvalue weighted by Gasteiger charge is 2.15. The van der Waals surface area contributed by atoms with Gasteiger partial charge in [0, 0.05) is 6.54 Å². The third kappa shape index (κ3) is 4.75.